The molecule has 0 aliphatic carbocycles. The van der Waals surface area contributed by atoms with Crippen LogP contribution >= 0.6 is 0 Å². The number of nitro benzene ring substituents is 1. The molecule has 0 spiro atoms. The minimum Gasteiger partial charge on any atom is -0.364 e. The summed E-state index contributed by atoms with van der Waals surface area (Å²) in [7, 11) is 1.56. The number of nitrogens with zero attached hydrogens (tertiary/aromatic N) is 2. The van der Waals surface area contributed by atoms with Crippen LogP contribution in [0.15, 0.2) is 24.4 Å². The van der Waals surface area contributed by atoms with Gasteiger partial charge in [-0.2, -0.15) is 0 Å². The monoisotopic (exact) mass is 220 g/mol. The van der Waals surface area contributed by atoms with E-state index >= 15 is 0 Å². The van der Waals surface area contributed by atoms with Crippen LogP contribution in [0.2, 0.25) is 0 Å². The lowest BCUT2D eigenvalue weighted by Crippen LogP contribution is -2.00. The molecule has 16 heavy (non-hydrogen) atoms. The van der Waals surface area contributed by atoms with Gasteiger partial charge in [0.1, 0.15) is 12.2 Å². The molecule has 0 unspecified atom stereocenters. The zero-order valence-corrected chi connectivity index (χ0v) is 9.14. The van der Waals surface area contributed by atoms with Gasteiger partial charge in [-0.05, 0) is 18.6 Å². The number of ether oxygens (including phenoxy) is 1. The normalized spacial score (nSPS) is 10.9. The first-order chi connectivity index (χ1) is 7.65. The summed E-state index contributed by atoms with van der Waals surface area (Å²) in [5.41, 5.74) is 1.75. The second kappa shape index (κ2) is 3.94. The van der Waals surface area contributed by atoms with E-state index in [2.05, 4.69) is 0 Å². The number of rotatable bonds is 3. The van der Waals surface area contributed by atoms with Gasteiger partial charge in [-0.1, -0.05) is 6.07 Å². The van der Waals surface area contributed by atoms with E-state index in [9.17, 15) is 10.1 Å². The molecule has 5 nitrogen and oxygen atoms in total. The van der Waals surface area contributed by atoms with E-state index in [0.717, 1.165) is 10.9 Å². The minimum absolute atomic E-state index is 0.114. The zero-order chi connectivity index (χ0) is 11.7. The molecule has 5 heteroatoms. The van der Waals surface area contributed by atoms with Crippen LogP contribution in [0.4, 0.5) is 5.69 Å². The molecular formula is C11H12N2O3. The number of hydrogen-bond acceptors (Lipinski definition) is 3. The maximum absolute atomic E-state index is 10.9. The van der Waals surface area contributed by atoms with Crippen molar-refractivity contribution in [3.05, 3.63) is 40.1 Å². The van der Waals surface area contributed by atoms with Gasteiger partial charge >= 0.3 is 0 Å². The third-order valence-corrected chi connectivity index (χ3v) is 2.59. The van der Waals surface area contributed by atoms with Gasteiger partial charge in [-0.15, -0.1) is 0 Å². The van der Waals surface area contributed by atoms with Crippen LogP contribution < -0.4 is 0 Å². The third kappa shape index (κ3) is 1.55. The fourth-order valence-electron chi connectivity index (χ4n) is 1.84. The van der Waals surface area contributed by atoms with Crippen molar-refractivity contribution in [2.75, 3.05) is 7.11 Å². The van der Waals surface area contributed by atoms with Gasteiger partial charge in [0.2, 0.25) is 0 Å². The van der Waals surface area contributed by atoms with Crippen LogP contribution in [0.3, 0.4) is 0 Å². The SMILES string of the molecule is COCn1ccc2c(C)ccc([N+](=O)[O-])c21. The van der Waals surface area contributed by atoms with E-state index in [1.807, 2.05) is 13.0 Å². The zero-order valence-electron chi connectivity index (χ0n) is 9.14. The number of hydrogen-bond donors (Lipinski definition) is 0. The number of aromatic nitrogens is 1. The number of non-ortho nitro benzene ring substituents is 1. The predicted octanol–water partition coefficient (Wildman–Crippen LogP) is 2.46. The van der Waals surface area contributed by atoms with Gasteiger partial charge in [-0.25, -0.2) is 0 Å². The molecule has 0 atom stereocenters. The van der Waals surface area contributed by atoms with Crippen LogP contribution in [0, 0.1) is 17.0 Å². The molecule has 0 fully saturated rings. The summed E-state index contributed by atoms with van der Waals surface area (Å²) in [6.45, 7) is 2.25. The third-order valence-electron chi connectivity index (χ3n) is 2.59. The second-order valence-electron chi connectivity index (χ2n) is 3.62. The molecule has 0 radical (unpaired) electrons. The Balaban J connectivity index is 2.76. The quantitative estimate of drug-likeness (QED) is 0.589. The Morgan fingerprint density at radius 3 is 2.81 bits per heavy atom. The van der Waals surface area contributed by atoms with Crippen LogP contribution in [-0.4, -0.2) is 16.6 Å². The van der Waals surface area contributed by atoms with E-state index in [0.29, 0.717) is 12.2 Å². The van der Waals surface area contributed by atoms with E-state index < -0.39 is 0 Å². The maximum Gasteiger partial charge on any atom is 0.293 e. The highest BCUT2D eigenvalue weighted by Crippen LogP contribution is 2.29. The highest BCUT2D eigenvalue weighted by Gasteiger charge is 2.16. The lowest BCUT2D eigenvalue weighted by Gasteiger charge is -2.04. The van der Waals surface area contributed by atoms with Crippen molar-refractivity contribution >= 4 is 16.6 Å². The van der Waals surface area contributed by atoms with Crippen molar-refractivity contribution in [3.8, 4) is 0 Å². The van der Waals surface area contributed by atoms with Gasteiger partial charge in [0, 0.05) is 24.8 Å². The highest BCUT2D eigenvalue weighted by molar-refractivity contribution is 5.91. The molecule has 0 aliphatic heterocycles. The fourth-order valence-corrected chi connectivity index (χ4v) is 1.84. The van der Waals surface area contributed by atoms with Crippen molar-refractivity contribution in [2.45, 2.75) is 13.7 Å². The number of benzene rings is 1. The van der Waals surface area contributed by atoms with Crippen molar-refractivity contribution in [2.24, 2.45) is 0 Å². The summed E-state index contributed by atoms with van der Waals surface area (Å²) >= 11 is 0. The summed E-state index contributed by atoms with van der Waals surface area (Å²) in [6.07, 6.45) is 1.80. The van der Waals surface area contributed by atoms with E-state index in [1.54, 1.807) is 23.9 Å². The molecule has 2 aromatic rings. The fraction of sp³-hybridized carbons (Fsp3) is 0.273. The Kier molecular flexibility index (Phi) is 2.62. The molecule has 0 amide bonds. The molecule has 0 saturated heterocycles. The lowest BCUT2D eigenvalue weighted by molar-refractivity contribution is -0.383. The molecule has 1 aromatic carbocycles. The van der Waals surface area contributed by atoms with Crippen LogP contribution in [0.1, 0.15) is 5.56 Å². The highest BCUT2D eigenvalue weighted by atomic mass is 16.6. The summed E-state index contributed by atoms with van der Waals surface area (Å²) in [5, 5.41) is 11.8. The Morgan fingerprint density at radius 2 is 2.19 bits per heavy atom. The predicted molar refractivity (Wildman–Crippen MR) is 60.3 cm³/mol. The lowest BCUT2D eigenvalue weighted by atomic mass is 10.1. The average molecular weight is 220 g/mol. The van der Waals surface area contributed by atoms with E-state index in [-0.39, 0.29) is 10.6 Å². The maximum atomic E-state index is 10.9. The van der Waals surface area contributed by atoms with Crippen molar-refractivity contribution < 1.29 is 9.66 Å². The summed E-state index contributed by atoms with van der Waals surface area (Å²) in [5.74, 6) is 0. The molecule has 84 valence electrons. The van der Waals surface area contributed by atoms with E-state index in [1.165, 1.54) is 6.07 Å². The Morgan fingerprint density at radius 1 is 1.44 bits per heavy atom. The summed E-state index contributed by atoms with van der Waals surface area (Å²) in [6, 6.07) is 5.16. The first-order valence-electron chi connectivity index (χ1n) is 4.87. The van der Waals surface area contributed by atoms with Crippen molar-refractivity contribution in [3.63, 3.8) is 0 Å². The average Bonchev–Trinajstić information content (AvgIpc) is 2.64. The molecule has 2 rings (SSSR count). The number of fused-ring (bicyclic) bond motifs is 1. The van der Waals surface area contributed by atoms with Crippen molar-refractivity contribution in [1.82, 2.24) is 4.57 Å². The molecule has 0 bridgehead atoms. The number of aryl methyl sites for hydroxylation is 1. The number of nitro groups is 1. The first kappa shape index (κ1) is 10.6. The Bertz CT molecular complexity index is 545. The van der Waals surface area contributed by atoms with Gasteiger partial charge in [0.05, 0.1) is 4.92 Å². The first-order valence-corrected chi connectivity index (χ1v) is 4.87. The molecule has 1 heterocycles. The van der Waals surface area contributed by atoms with Crippen LogP contribution in [-0.2, 0) is 11.5 Å². The smallest absolute Gasteiger partial charge is 0.293 e. The molecule has 0 aliphatic rings. The summed E-state index contributed by atoms with van der Waals surface area (Å²) in [4.78, 5) is 10.6. The topological polar surface area (TPSA) is 57.3 Å². The van der Waals surface area contributed by atoms with Gasteiger partial charge in [0.15, 0.2) is 0 Å². The summed E-state index contributed by atoms with van der Waals surface area (Å²) < 4.78 is 6.75. The molecule has 0 N–H and O–H groups in total. The van der Waals surface area contributed by atoms with Crippen molar-refractivity contribution in [1.29, 1.82) is 0 Å². The van der Waals surface area contributed by atoms with Gasteiger partial charge < -0.3 is 9.30 Å². The van der Waals surface area contributed by atoms with Crippen LogP contribution in [0.25, 0.3) is 10.9 Å². The standard InChI is InChI=1S/C11H12N2O3/c1-8-3-4-10(13(14)15)11-9(8)5-6-12(11)7-16-2/h3-6H,7H2,1-2H3. The van der Waals surface area contributed by atoms with E-state index in [4.69, 9.17) is 4.74 Å². The molecular weight excluding hydrogens is 208 g/mol. The molecule has 1 aromatic heterocycles. The Labute approximate surface area is 92.4 Å². The second-order valence-corrected chi connectivity index (χ2v) is 3.62. The van der Waals surface area contributed by atoms with Gasteiger partial charge in [0.25, 0.3) is 5.69 Å². The number of methoxy groups -OCH3 is 1. The largest absolute Gasteiger partial charge is 0.364 e. The van der Waals surface area contributed by atoms with Crippen LogP contribution in [0.5, 0.6) is 0 Å². The Hall–Kier alpha value is -1.88. The van der Waals surface area contributed by atoms with Gasteiger partial charge in [-0.3, -0.25) is 10.1 Å². The molecule has 0 saturated carbocycles. The minimum atomic E-state index is -0.367.